The van der Waals surface area contributed by atoms with Gasteiger partial charge in [0.25, 0.3) is 11.8 Å². The van der Waals surface area contributed by atoms with Crippen LogP contribution in [0.3, 0.4) is 0 Å². The second-order valence-electron chi connectivity index (χ2n) is 7.34. The lowest BCUT2D eigenvalue weighted by Crippen LogP contribution is -2.22. The van der Waals surface area contributed by atoms with Crippen molar-refractivity contribution in [3.63, 3.8) is 0 Å². The zero-order valence-corrected chi connectivity index (χ0v) is 16.1. The minimum atomic E-state index is -0.431. The predicted octanol–water partition coefficient (Wildman–Crippen LogP) is 4.61. The van der Waals surface area contributed by atoms with Crippen molar-refractivity contribution >= 4 is 11.6 Å². The fourth-order valence-corrected chi connectivity index (χ4v) is 3.69. The molecule has 2 aromatic carbocycles. The summed E-state index contributed by atoms with van der Waals surface area (Å²) in [5.74, 6) is 1.10. The quantitative estimate of drug-likeness (QED) is 0.639. The van der Waals surface area contributed by atoms with E-state index >= 15 is 0 Å². The Morgan fingerprint density at radius 3 is 2.45 bits per heavy atom. The summed E-state index contributed by atoms with van der Waals surface area (Å²) in [6.45, 7) is 0.597. The van der Waals surface area contributed by atoms with Crippen LogP contribution in [-0.4, -0.2) is 26.0 Å². The van der Waals surface area contributed by atoms with Gasteiger partial charge in [0.1, 0.15) is 11.5 Å². The van der Waals surface area contributed by atoms with Crippen molar-refractivity contribution in [1.82, 2.24) is 15.0 Å². The Hall–Kier alpha value is -3.35. The van der Waals surface area contributed by atoms with Crippen LogP contribution in [-0.2, 0) is 6.54 Å². The predicted molar refractivity (Wildman–Crippen MR) is 109 cm³/mol. The lowest BCUT2D eigenvalue weighted by molar-refractivity contribution is 0.101. The van der Waals surface area contributed by atoms with Crippen molar-refractivity contribution in [3.8, 4) is 17.4 Å². The number of benzene rings is 2. The summed E-state index contributed by atoms with van der Waals surface area (Å²) in [5.41, 5.74) is 0.695. The molecule has 1 aliphatic rings. The molecule has 0 bridgehead atoms. The van der Waals surface area contributed by atoms with Gasteiger partial charge in [-0.2, -0.15) is 0 Å². The van der Waals surface area contributed by atoms with E-state index < -0.39 is 5.91 Å². The SMILES string of the molecule is O=C(Nc1ccc(Oc2ccccc2)cc1)c1c(O)nnn1CC1CCCCC1. The Morgan fingerprint density at radius 1 is 1.03 bits per heavy atom. The summed E-state index contributed by atoms with van der Waals surface area (Å²) in [6, 6.07) is 16.5. The summed E-state index contributed by atoms with van der Waals surface area (Å²) in [7, 11) is 0. The van der Waals surface area contributed by atoms with E-state index in [1.54, 1.807) is 24.3 Å². The van der Waals surface area contributed by atoms with Crippen LogP contribution in [0.25, 0.3) is 0 Å². The van der Waals surface area contributed by atoms with Gasteiger partial charge < -0.3 is 15.2 Å². The van der Waals surface area contributed by atoms with Gasteiger partial charge in [0.2, 0.25) is 0 Å². The highest BCUT2D eigenvalue weighted by molar-refractivity contribution is 6.04. The van der Waals surface area contributed by atoms with Gasteiger partial charge in [-0.15, -0.1) is 0 Å². The minimum absolute atomic E-state index is 0.0974. The van der Waals surface area contributed by atoms with E-state index in [2.05, 4.69) is 15.6 Å². The van der Waals surface area contributed by atoms with Crippen molar-refractivity contribution in [2.24, 2.45) is 5.92 Å². The number of aromatic hydroxyl groups is 1. The molecule has 1 aromatic heterocycles. The number of nitrogens with one attached hydrogen (secondary N) is 1. The third kappa shape index (κ3) is 4.74. The molecule has 3 aromatic rings. The summed E-state index contributed by atoms with van der Waals surface area (Å²) in [6.07, 6.45) is 5.89. The standard InChI is InChI=1S/C22H24N4O3/c27-21(20-22(28)24-25-26(20)15-16-7-3-1-4-8-16)23-17-11-13-19(14-12-17)29-18-9-5-2-6-10-18/h2,5-6,9-14,16,28H,1,3-4,7-8,15H2,(H,23,27). The van der Waals surface area contributed by atoms with Crippen LogP contribution in [0.15, 0.2) is 54.6 Å². The third-order valence-corrected chi connectivity index (χ3v) is 5.18. The fraction of sp³-hybridized carbons (Fsp3) is 0.318. The van der Waals surface area contributed by atoms with E-state index in [1.165, 1.54) is 23.9 Å². The van der Waals surface area contributed by atoms with E-state index in [1.807, 2.05) is 30.3 Å². The van der Waals surface area contributed by atoms with Gasteiger partial charge in [-0.3, -0.25) is 4.79 Å². The second-order valence-corrected chi connectivity index (χ2v) is 7.34. The van der Waals surface area contributed by atoms with E-state index in [4.69, 9.17) is 4.74 Å². The van der Waals surface area contributed by atoms with Crippen LogP contribution in [0.2, 0.25) is 0 Å². The normalized spacial score (nSPS) is 14.5. The number of anilines is 1. The number of amides is 1. The maximum atomic E-state index is 12.7. The maximum absolute atomic E-state index is 12.7. The van der Waals surface area contributed by atoms with E-state index in [0.29, 0.717) is 23.9 Å². The molecule has 0 atom stereocenters. The number of para-hydroxylation sites is 1. The Balaban J connectivity index is 1.42. The highest BCUT2D eigenvalue weighted by Crippen LogP contribution is 2.27. The van der Waals surface area contributed by atoms with Crippen LogP contribution >= 0.6 is 0 Å². The van der Waals surface area contributed by atoms with E-state index in [9.17, 15) is 9.90 Å². The van der Waals surface area contributed by atoms with Crippen LogP contribution in [0.4, 0.5) is 5.69 Å². The van der Waals surface area contributed by atoms with E-state index in [-0.39, 0.29) is 11.6 Å². The van der Waals surface area contributed by atoms with Crippen LogP contribution in [0, 0.1) is 5.92 Å². The van der Waals surface area contributed by atoms with Gasteiger partial charge in [0, 0.05) is 12.2 Å². The lowest BCUT2D eigenvalue weighted by Gasteiger charge is -2.21. The number of carbonyl (C=O) groups excluding carboxylic acids is 1. The molecule has 0 saturated heterocycles. The summed E-state index contributed by atoms with van der Waals surface area (Å²) in [4.78, 5) is 12.7. The first-order chi connectivity index (χ1) is 14.2. The van der Waals surface area contributed by atoms with Crippen molar-refractivity contribution in [1.29, 1.82) is 0 Å². The zero-order valence-electron chi connectivity index (χ0n) is 16.1. The van der Waals surface area contributed by atoms with Crippen LogP contribution < -0.4 is 10.1 Å². The summed E-state index contributed by atoms with van der Waals surface area (Å²) in [5, 5.41) is 20.5. The summed E-state index contributed by atoms with van der Waals surface area (Å²) >= 11 is 0. The Bertz CT molecular complexity index is 948. The smallest absolute Gasteiger partial charge is 0.279 e. The monoisotopic (exact) mass is 392 g/mol. The number of rotatable bonds is 6. The first kappa shape index (κ1) is 19.0. The average Bonchev–Trinajstić information content (AvgIpc) is 3.11. The van der Waals surface area contributed by atoms with Crippen molar-refractivity contribution < 1.29 is 14.6 Å². The first-order valence-corrected chi connectivity index (χ1v) is 9.96. The number of nitrogens with zero attached hydrogens (tertiary/aromatic N) is 3. The van der Waals surface area contributed by atoms with Gasteiger partial charge in [0.15, 0.2) is 5.69 Å². The molecule has 29 heavy (non-hydrogen) atoms. The number of ether oxygens (including phenoxy) is 1. The molecule has 7 nitrogen and oxygen atoms in total. The second kappa shape index (κ2) is 8.77. The number of carbonyl (C=O) groups is 1. The first-order valence-electron chi connectivity index (χ1n) is 9.96. The molecule has 0 spiro atoms. The highest BCUT2D eigenvalue weighted by Gasteiger charge is 2.23. The molecular weight excluding hydrogens is 368 g/mol. The van der Waals surface area contributed by atoms with Crippen molar-refractivity contribution in [3.05, 3.63) is 60.3 Å². The minimum Gasteiger partial charge on any atom is -0.491 e. The van der Waals surface area contributed by atoms with Crippen molar-refractivity contribution in [2.45, 2.75) is 38.6 Å². The molecule has 1 fully saturated rings. The number of aromatic nitrogens is 3. The van der Waals surface area contributed by atoms with Crippen molar-refractivity contribution in [2.75, 3.05) is 5.32 Å². The molecule has 1 amide bonds. The topological polar surface area (TPSA) is 89.3 Å². The molecular formula is C22H24N4O3. The largest absolute Gasteiger partial charge is 0.491 e. The van der Waals surface area contributed by atoms with Crippen LogP contribution in [0.5, 0.6) is 17.4 Å². The molecule has 150 valence electrons. The molecule has 0 aliphatic heterocycles. The lowest BCUT2D eigenvalue weighted by atomic mass is 9.89. The molecule has 2 N–H and O–H groups in total. The molecule has 4 rings (SSSR count). The third-order valence-electron chi connectivity index (χ3n) is 5.18. The van der Waals surface area contributed by atoms with Gasteiger partial charge >= 0.3 is 0 Å². The molecule has 0 radical (unpaired) electrons. The number of hydrogen-bond acceptors (Lipinski definition) is 5. The Morgan fingerprint density at radius 2 is 1.72 bits per heavy atom. The van der Waals surface area contributed by atoms with Crippen LogP contribution in [0.1, 0.15) is 42.6 Å². The molecule has 0 unspecified atom stereocenters. The summed E-state index contributed by atoms with van der Waals surface area (Å²) < 4.78 is 7.28. The van der Waals surface area contributed by atoms with E-state index in [0.717, 1.165) is 18.6 Å². The van der Waals surface area contributed by atoms with Gasteiger partial charge in [0.05, 0.1) is 0 Å². The molecule has 1 saturated carbocycles. The zero-order chi connectivity index (χ0) is 20.1. The number of hydrogen-bond donors (Lipinski definition) is 2. The van der Waals surface area contributed by atoms with Gasteiger partial charge in [-0.1, -0.05) is 47.8 Å². The fourth-order valence-electron chi connectivity index (χ4n) is 3.69. The Labute approximate surface area is 169 Å². The Kier molecular flexibility index (Phi) is 5.74. The molecule has 7 heteroatoms. The molecule has 1 heterocycles. The highest BCUT2D eigenvalue weighted by atomic mass is 16.5. The average molecular weight is 392 g/mol. The van der Waals surface area contributed by atoms with Gasteiger partial charge in [-0.25, -0.2) is 4.68 Å². The maximum Gasteiger partial charge on any atom is 0.279 e. The molecule has 1 aliphatic carbocycles. The van der Waals surface area contributed by atoms with Gasteiger partial charge in [-0.05, 0) is 55.2 Å².